The van der Waals surface area contributed by atoms with Crippen LogP contribution in [0.25, 0.3) is 10.1 Å². The maximum Gasteiger partial charge on any atom is 0.336 e. The molecule has 2 N–H and O–H groups in total. The zero-order chi connectivity index (χ0) is 18.4. The van der Waals surface area contributed by atoms with Crippen molar-refractivity contribution in [2.45, 2.75) is 18.1 Å². The summed E-state index contributed by atoms with van der Waals surface area (Å²) in [5.41, 5.74) is 1.37. The number of nitrogens with one attached hydrogen (secondary N) is 1. The van der Waals surface area contributed by atoms with E-state index in [1.54, 1.807) is 19.9 Å². The topological polar surface area (TPSA) is 83.5 Å². The normalized spacial score (nSPS) is 11.6. The van der Waals surface area contributed by atoms with Crippen LogP contribution in [0.4, 0.5) is 5.69 Å². The summed E-state index contributed by atoms with van der Waals surface area (Å²) in [4.78, 5) is 11.2. The van der Waals surface area contributed by atoms with Crippen LogP contribution in [0.1, 0.15) is 21.5 Å². The van der Waals surface area contributed by atoms with Crippen molar-refractivity contribution in [2.75, 3.05) is 4.72 Å². The lowest BCUT2D eigenvalue weighted by atomic mass is 10.1. The molecule has 0 radical (unpaired) electrons. The highest BCUT2D eigenvalue weighted by Gasteiger charge is 2.23. The third-order valence-electron chi connectivity index (χ3n) is 3.91. The van der Waals surface area contributed by atoms with Gasteiger partial charge in [-0.3, -0.25) is 4.72 Å². The Kier molecular flexibility index (Phi) is 4.61. The Morgan fingerprint density at radius 2 is 1.88 bits per heavy atom. The van der Waals surface area contributed by atoms with E-state index in [1.807, 2.05) is 18.2 Å². The number of thiophene rings is 1. The van der Waals surface area contributed by atoms with Gasteiger partial charge >= 0.3 is 5.97 Å². The van der Waals surface area contributed by atoms with Gasteiger partial charge in [0.1, 0.15) is 4.21 Å². The van der Waals surface area contributed by atoms with Gasteiger partial charge in [0.2, 0.25) is 0 Å². The Morgan fingerprint density at radius 3 is 2.56 bits per heavy atom. The van der Waals surface area contributed by atoms with Gasteiger partial charge in [0.25, 0.3) is 10.0 Å². The second-order valence-electron chi connectivity index (χ2n) is 5.54. The van der Waals surface area contributed by atoms with Crippen molar-refractivity contribution in [1.29, 1.82) is 0 Å². The number of carbonyl (C=O) groups is 1. The predicted octanol–water partition coefficient (Wildman–Crippen LogP) is 4.78. The minimum Gasteiger partial charge on any atom is -0.478 e. The summed E-state index contributed by atoms with van der Waals surface area (Å²) in [6.45, 7) is 3.34. The standard InChI is InChI=1S/C17H14BrNO4S2/c1-9-12(16(20)21)4-3-5-14(9)19-25(22,23)17-10(2)13-8-11(18)6-7-15(13)24-17/h3-8,19H,1-2H3,(H,20,21). The lowest BCUT2D eigenvalue weighted by Gasteiger charge is -2.11. The summed E-state index contributed by atoms with van der Waals surface area (Å²) in [6.07, 6.45) is 0. The molecule has 3 aromatic rings. The molecule has 0 spiro atoms. The summed E-state index contributed by atoms with van der Waals surface area (Å²) < 4.78 is 30.2. The molecule has 0 fully saturated rings. The van der Waals surface area contributed by atoms with Gasteiger partial charge in [-0.25, -0.2) is 13.2 Å². The zero-order valence-electron chi connectivity index (χ0n) is 13.3. The number of carboxylic acid groups (broad SMARTS) is 1. The highest BCUT2D eigenvalue weighted by Crippen LogP contribution is 2.36. The van der Waals surface area contributed by atoms with E-state index in [9.17, 15) is 18.3 Å². The highest BCUT2D eigenvalue weighted by molar-refractivity contribution is 9.10. The summed E-state index contributed by atoms with van der Waals surface area (Å²) in [6, 6.07) is 10.1. The van der Waals surface area contributed by atoms with E-state index in [2.05, 4.69) is 20.7 Å². The fraction of sp³-hybridized carbons (Fsp3) is 0.118. The lowest BCUT2D eigenvalue weighted by Crippen LogP contribution is -2.14. The van der Waals surface area contributed by atoms with Crippen molar-refractivity contribution in [3.8, 4) is 0 Å². The molecule has 1 heterocycles. The predicted molar refractivity (Wildman–Crippen MR) is 103 cm³/mol. The molecular weight excluding hydrogens is 426 g/mol. The first-order valence-corrected chi connectivity index (χ1v) is 10.3. The molecule has 0 amide bonds. The molecule has 8 heteroatoms. The maximum atomic E-state index is 12.9. The largest absolute Gasteiger partial charge is 0.478 e. The molecule has 5 nitrogen and oxygen atoms in total. The lowest BCUT2D eigenvalue weighted by molar-refractivity contribution is 0.0696. The van der Waals surface area contributed by atoms with Gasteiger partial charge in [0, 0.05) is 9.17 Å². The van der Waals surface area contributed by atoms with Crippen LogP contribution in [-0.2, 0) is 10.0 Å². The molecule has 25 heavy (non-hydrogen) atoms. The molecule has 1 aromatic heterocycles. The van der Waals surface area contributed by atoms with Crippen molar-refractivity contribution < 1.29 is 18.3 Å². The van der Waals surface area contributed by atoms with Gasteiger partial charge in [0.15, 0.2) is 0 Å². The van der Waals surface area contributed by atoms with Crippen molar-refractivity contribution in [1.82, 2.24) is 0 Å². The third kappa shape index (κ3) is 3.29. The SMILES string of the molecule is Cc1c(NS(=O)(=O)c2sc3ccc(Br)cc3c2C)cccc1C(=O)O. The molecular formula is C17H14BrNO4S2. The van der Waals surface area contributed by atoms with Crippen molar-refractivity contribution >= 4 is 59.0 Å². The van der Waals surface area contributed by atoms with Crippen LogP contribution in [-0.4, -0.2) is 19.5 Å². The van der Waals surface area contributed by atoms with Gasteiger partial charge in [-0.15, -0.1) is 11.3 Å². The van der Waals surface area contributed by atoms with E-state index in [0.717, 1.165) is 14.6 Å². The fourth-order valence-electron chi connectivity index (χ4n) is 2.60. The first-order chi connectivity index (χ1) is 11.7. The fourth-order valence-corrected chi connectivity index (χ4v) is 5.83. The summed E-state index contributed by atoms with van der Waals surface area (Å²) >= 11 is 4.58. The third-order valence-corrected chi connectivity index (χ3v) is 7.66. The Hall–Kier alpha value is -1.90. The number of hydrogen-bond acceptors (Lipinski definition) is 4. The average molecular weight is 440 g/mol. The maximum absolute atomic E-state index is 12.9. The van der Waals surface area contributed by atoms with E-state index in [0.29, 0.717) is 11.1 Å². The Morgan fingerprint density at radius 1 is 1.16 bits per heavy atom. The van der Waals surface area contributed by atoms with Gasteiger partial charge in [-0.2, -0.15) is 0 Å². The Labute approximate surface area is 157 Å². The Bertz CT molecular complexity index is 1100. The number of anilines is 1. The molecule has 0 aliphatic rings. The number of rotatable bonds is 4. The van der Waals surface area contributed by atoms with Crippen molar-refractivity contribution in [3.05, 3.63) is 57.6 Å². The highest BCUT2D eigenvalue weighted by atomic mass is 79.9. The molecule has 0 aliphatic heterocycles. The molecule has 0 saturated carbocycles. The molecule has 0 aliphatic carbocycles. The van der Waals surface area contributed by atoms with E-state index in [1.165, 1.54) is 23.5 Å². The summed E-state index contributed by atoms with van der Waals surface area (Å²) in [5, 5.41) is 10.1. The molecule has 3 rings (SSSR count). The van der Waals surface area contributed by atoms with Crippen LogP contribution in [0.15, 0.2) is 45.1 Å². The minimum atomic E-state index is -3.82. The molecule has 0 bridgehead atoms. The van der Waals surface area contributed by atoms with Gasteiger partial charge in [0.05, 0.1) is 11.3 Å². The minimum absolute atomic E-state index is 0.0668. The first-order valence-electron chi connectivity index (χ1n) is 7.25. The van der Waals surface area contributed by atoms with Gasteiger partial charge in [-0.1, -0.05) is 22.0 Å². The molecule has 0 unspecified atom stereocenters. The molecule has 0 atom stereocenters. The number of aryl methyl sites for hydroxylation is 1. The second kappa shape index (κ2) is 6.44. The number of hydrogen-bond donors (Lipinski definition) is 2. The smallest absolute Gasteiger partial charge is 0.336 e. The van der Waals surface area contributed by atoms with E-state index in [-0.39, 0.29) is 15.5 Å². The van der Waals surface area contributed by atoms with Gasteiger partial charge in [-0.05, 0) is 60.7 Å². The van der Waals surface area contributed by atoms with Crippen LogP contribution in [0.2, 0.25) is 0 Å². The number of aromatic carboxylic acids is 1. The van der Waals surface area contributed by atoms with Crippen molar-refractivity contribution in [2.24, 2.45) is 0 Å². The summed E-state index contributed by atoms with van der Waals surface area (Å²) in [7, 11) is -3.82. The monoisotopic (exact) mass is 439 g/mol. The number of sulfonamides is 1. The molecule has 0 saturated heterocycles. The average Bonchev–Trinajstić information content (AvgIpc) is 2.86. The number of benzene rings is 2. The van der Waals surface area contributed by atoms with Crippen LogP contribution in [0.3, 0.4) is 0 Å². The van der Waals surface area contributed by atoms with Gasteiger partial charge < -0.3 is 5.11 Å². The van der Waals surface area contributed by atoms with E-state index in [4.69, 9.17) is 0 Å². The number of carboxylic acids is 1. The van der Waals surface area contributed by atoms with E-state index < -0.39 is 16.0 Å². The van der Waals surface area contributed by atoms with E-state index >= 15 is 0 Å². The Balaban J connectivity index is 2.08. The molecule has 130 valence electrons. The first kappa shape index (κ1) is 17.9. The van der Waals surface area contributed by atoms with Crippen LogP contribution in [0, 0.1) is 13.8 Å². The zero-order valence-corrected chi connectivity index (χ0v) is 16.5. The number of fused-ring (bicyclic) bond motifs is 1. The molecule has 2 aromatic carbocycles. The van der Waals surface area contributed by atoms with Crippen LogP contribution in [0.5, 0.6) is 0 Å². The van der Waals surface area contributed by atoms with Crippen molar-refractivity contribution in [3.63, 3.8) is 0 Å². The van der Waals surface area contributed by atoms with Crippen LogP contribution < -0.4 is 4.72 Å². The quantitative estimate of drug-likeness (QED) is 0.612. The van der Waals surface area contributed by atoms with Crippen LogP contribution >= 0.6 is 27.3 Å². The number of halogens is 1. The second-order valence-corrected chi connectivity index (χ2v) is 9.39. The summed E-state index contributed by atoms with van der Waals surface area (Å²) in [5.74, 6) is -1.10.